The van der Waals surface area contributed by atoms with Gasteiger partial charge in [0.2, 0.25) is 0 Å². The van der Waals surface area contributed by atoms with Crippen LogP contribution < -0.4 is 10.1 Å². The zero-order valence-corrected chi connectivity index (χ0v) is 14.3. The molecule has 0 unspecified atom stereocenters. The molecular weight excluding hydrogens is 353 g/mol. The molecule has 1 heterocycles. The van der Waals surface area contributed by atoms with Gasteiger partial charge in [0, 0.05) is 18.3 Å². The van der Waals surface area contributed by atoms with Gasteiger partial charge in [-0.05, 0) is 42.0 Å². The van der Waals surface area contributed by atoms with Gasteiger partial charge in [0.1, 0.15) is 0 Å². The van der Waals surface area contributed by atoms with E-state index in [1.165, 1.54) is 36.1 Å². The summed E-state index contributed by atoms with van der Waals surface area (Å²) in [6, 6.07) is 12.4. The minimum Gasteiger partial charge on any atom is -0.494 e. The Balaban J connectivity index is 1.71. The van der Waals surface area contributed by atoms with Crippen molar-refractivity contribution in [3.8, 4) is 11.4 Å². The molecule has 0 fully saturated rings. The number of aromatic nitrogens is 2. The van der Waals surface area contributed by atoms with Crippen molar-refractivity contribution in [2.24, 2.45) is 0 Å². The van der Waals surface area contributed by atoms with Gasteiger partial charge in [0.15, 0.2) is 17.3 Å². The number of nitrogens with zero attached hydrogens (tertiary/aromatic N) is 2. The zero-order chi connectivity index (χ0) is 19.4. The number of hydrogen-bond donors (Lipinski definition) is 2. The second-order valence-electron chi connectivity index (χ2n) is 5.65. The monoisotopic (exact) mass is 369 g/mol. The van der Waals surface area contributed by atoms with E-state index in [1.54, 1.807) is 24.4 Å². The molecule has 1 amide bonds. The summed E-state index contributed by atoms with van der Waals surface area (Å²) in [5.41, 5.74) is 1.68. The van der Waals surface area contributed by atoms with Gasteiger partial charge in [-0.25, -0.2) is 13.9 Å². The Labute approximate surface area is 154 Å². The quantitative estimate of drug-likeness (QED) is 0.697. The van der Waals surface area contributed by atoms with Crippen LogP contribution in [-0.4, -0.2) is 33.9 Å². The van der Waals surface area contributed by atoms with E-state index in [-0.39, 0.29) is 29.5 Å². The number of hydrogen-bond acceptors (Lipinski definition) is 4. The third-order valence-corrected chi connectivity index (χ3v) is 3.85. The first-order valence-corrected chi connectivity index (χ1v) is 7.98. The third-order valence-electron chi connectivity index (χ3n) is 3.85. The van der Waals surface area contributed by atoms with Crippen molar-refractivity contribution in [3.63, 3.8) is 0 Å². The lowest BCUT2D eigenvalue weighted by molar-refractivity contribution is 0.0689. The van der Waals surface area contributed by atoms with Gasteiger partial charge in [0.05, 0.1) is 12.8 Å². The number of nitrogens with one attached hydrogen (secondary N) is 1. The maximum Gasteiger partial charge on any atom is 0.356 e. The fraction of sp³-hybridized carbons (Fsp3) is 0.105. The Morgan fingerprint density at radius 2 is 2.04 bits per heavy atom. The molecule has 0 aliphatic heterocycles. The van der Waals surface area contributed by atoms with Gasteiger partial charge in [-0.1, -0.05) is 12.1 Å². The second-order valence-corrected chi connectivity index (χ2v) is 5.65. The Kier molecular flexibility index (Phi) is 5.16. The molecule has 27 heavy (non-hydrogen) atoms. The van der Waals surface area contributed by atoms with Crippen LogP contribution in [-0.2, 0) is 6.54 Å². The van der Waals surface area contributed by atoms with Crippen molar-refractivity contribution in [2.75, 3.05) is 7.11 Å². The number of ether oxygens (including phenoxy) is 1. The van der Waals surface area contributed by atoms with Gasteiger partial charge in [-0.3, -0.25) is 4.79 Å². The minimum atomic E-state index is -1.10. The first-order chi connectivity index (χ1) is 13.0. The van der Waals surface area contributed by atoms with Crippen molar-refractivity contribution < 1.29 is 23.8 Å². The normalized spacial score (nSPS) is 10.4. The summed E-state index contributed by atoms with van der Waals surface area (Å²) in [7, 11) is 1.33. The number of benzene rings is 2. The summed E-state index contributed by atoms with van der Waals surface area (Å²) in [6.07, 6.45) is 1.55. The minimum absolute atomic E-state index is 0.00226. The largest absolute Gasteiger partial charge is 0.494 e. The maximum atomic E-state index is 13.4. The van der Waals surface area contributed by atoms with Crippen molar-refractivity contribution >= 4 is 11.9 Å². The predicted octanol–water partition coefficient (Wildman–Crippen LogP) is 2.65. The molecule has 0 aliphatic rings. The molecule has 8 heteroatoms. The van der Waals surface area contributed by atoms with Crippen molar-refractivity contribution in [1.82, 2.24) is 15.1 Å². The molecule has 3 rings (SSSR count). The number of carboxylic acids is 1. The highest BCUT2D eigenvalue weighted by molar-refractivity contribution is 5.94. The van der Waals surface area contributed by atoms with E-state index in [1.807, 2.05) is 6.07 Å². The molecule has 3 aromatic rings. The topological polar surface area (TPSA) is 93.5 Å². The first kappa shape index (κ1) is 18.1. The fourth-order valence-electron chi connectivity index (χ4n) is 2.48. The highest BCUT2D eigenvalue weighted by atomic mass is 19.1. The highest BCUT2D eigenvalue weighted by Gasteiger charge is 2.11. The SMILES string of the molecule is COc1cc(C(=O)NCc2cccc(-n3ccc(C(=O)O)n3)c2)ccc1F. The molecule has 0 spiro atoms. The van der Waals surface area contributed by atoms with E-state index in [0.29, 0.717) is 5.69 Å². The predicted molar refractivity (Wildman–Crippen MR) is 94.6 cm³/mol. The number of carboxylic acid groups (broad SMARTS) is 1. The van der Waals surface area contributed by atoms with E-state index in [2.05, 4.69) is 10.4 Å². The van der Waals surface area contributed by atoms with Gasteiger partial charge in [-0.2, -0.15) is 5.10 Å². The fourth-order valence-corrected chi connectivity index (χ4v) is 2.48. The molecule has 138 valence electrons. The molecule has 0 saturated heterocycles. The van der Waals surface area contributed by atoms with Gasteiger partial charge >= 0.3 is 5.97 Å². The lowest BCUT2D eigenvalue weighted by Crippen LogP contribution is -2.23. The van der Waals surface area contributed by atoms with Crippen LogP contribution in [0, 0.1) is 5.82 Å². The summed E-state index contributed by atoms with van der Waals surface area (Å²) in [5.74, 6) is -2.02. The van der Waals surface area contributed by atoms with E-state index in [0.717, 1.165) is 5.56 Å². The van der Waals surface area contributed by atoms with Crippen LogP contribution in [0.15, 0.2) is 54.7 Å². The molecule has 0 aliphatic carbocycles. The van der Waals surface area contributed by atoms with Gasteiger partial charge in [-0.15, -0.1) is 0 Å². The van der Waals surface area contributed by atoms with Gasteiger partial charge in [0.25, 0.3) is 5.91 Å². The molecule has 0 saturated carbocycles. The van der Waals surface area contributed by atoms with E-state index in [9.17, 15) is 14.0 Å². The molecule has 0 radical (unpaired) electrons. The smallest absolute Gasteiger partial charge is 0.356 e. The molecule has 2 aromatic carbocycles. The first-order valence-electron chi connectivity index (χ1n) is 7.98. The van der Waals surface area contributed by atoms with E-state index >= 15 is 0 Å². The van der Waals surface area contributed by atoms with Crippen molar-refractivity contribution in [2.45, 2.75) is 6.54 Å². The van der Waals surface area contributed by atoms with E-state index < -0.39 is 11.8 Å². The molecule has 1 aromatic heterocycles. The Morgan fingerprint density at radius 3 is 2.74 bits per heavy atom. The molecular formula is C19H16FN3O4. The highest BCUT2D eigenvalue weighted by Crippen LogP contribution is 2.18. The number of aromatic carboxylic acids is 1. The molecule has 0 atom stereocenters. The zero-order valence-electron chi connectivity index (χ0n) is 14.3. The average molecular weight is 369 g/mol. The van der Waals surface area contributed by atoms with Crippen LogP contribution >= 0.6 is 0 Å². The van der Waals surface area contributed by atoms with Crippen LogP contribution in [0.5, 0.6) is 5.75 Å². The molecule has 0 bridgehead atoms. The van der Waals surface area contributed by atoms with Crippen LogP contribution in [0.1, 0.15) is 26.4 Å². The average Bonchev–Trinajstić information content (AvgIpc) is 3.17. The summed E-state index contributed by atoms with van der Waals surface area (Å²) < 4.78 is 19.8. The standard InChI is InChI=1S/C19H16FN3O4/c1-27-17-10-13(5-6-15(17)20)18(24)21-11-12-3-2-4-14(9-12)23-8-7-16(22-23)19(25)26/h2-10H,11H2,1H3,(H,21,24)(H,25,26). The van der Waals surface area contributed by atoms with Crippen LogP contribution in [0.4, 0.5) is 4.39 Å². The summed E-state index contributed by atoms with van der Waals surface area (Å²) in [4.78, 5) is 23.2. The lowest BCUT2D eigenvalue weighted by atomic mass is 10.1. The number of methoxy groups -OCH3 is 1. The maximum absolute atomic E-state index is 13.4. The number of amides is 1. The van der Waals surface area contributed by atoms with Crippen LogP contribution in [0.2, 0.25) is 0 Å². The van der Waals surface area contributed by atoms with Crippen LogP contribution in [0.25, 0.3) is 5.69 Å². The van der Waals surface area contributed by atoms with Gasteiger partial charge < -0.3 is 15.2 Å². The molecule has 7 nitrogen and oxygen atoms in total. The number of carbonyl (C=O) groups is 2. The van der Waals surface area contributed by atoms with E-state index in [4.69, 9.17) is 9.84 Å². The number of carbonyl (C=O) groups excluding carboxylic acids is 1. The number of rotatable bonds is 6. The Hall–Kier alpha value is -3.68. The second kappa shape index (κ2) is 7.69. The summed E-state index contributed by atoms with van der Waals surface area (Å²) >= 11 is 0. The van der Waals surface area contributed by atoms with Crippen LogP contribution in [0.3, 0.4) is 0 Å². The number of halogens is 1. The third kappa shape index (κ3) is 4.12. The Bertz CT molecular complexity index is 1000. The summed E-state index contributed by atoms with van der Waals surface area (Å²) in [6.45, 7) is 0.236. The van der Waals surface area contributed by atoms with Crippen molar-refractivity contribution in [1.29, 1.82) is 0 Å². The Morgan fingerprint density at radius 1 is 1.22 bits per heavy atom. The van der Waals surface area contributed by atoms with Crippen molar-refractivity contribution in [3.05, 3.63) is 77.4 Å². The summed E-state index contributed by atoms with van der Waals surface area (Å²) in [5, 5.41) is 15.7. The lowest BCUT2D eigenvalue weighted by Gasteiger charge is -2.09. The molecule has 2 N–H and O–H groups in total.